The molecule has 0 aliphatic heterocycles. The van der Waals surface area contributed by atoms with E-state index in [1.165, 1.54) is 17.8 Å². The lowest BCUT2D eigenvalue weighted by Crippen LogP contribution is -2.12. The Balaban J connectivity index is 2.30. The molecule has 23 heavy (non-hydrogen) atoms. The number of halogens is 3. The maximum atomic E-state index is 12.5. The van der Waals surface area contributed by atoms with Crippen LogP contribution in [0.5, 0.6) is 5.88 Å². The van der Waals surface area contributed by atoms with E-state index in [0.717, 1.165) is 12.1 Å². The molecular weight excluding hydrogens is 353 g/mol. The Morgan fingerprint density at radius 3 is 2.26 bits per heavy atom. The third kappa shape index (κ3) is 4.35. The summed E-state index contributed by atoms with van der Waals surface area (Å²) in [5.74, 6) is -0.193. The summed E-state index contributed by atoms with van der Waals surface area (Å²) < 4.78 is 66.5. The van der Waals surface area contributed by atoms with Crippen LogP contribution in [-0.4, -0.2) is 24.6 Å². The molecule has 0 spiro atoms. The number of aryl methyl sites for hydroxylation is 1. The Labute approximate surface area is 135 Å². The molecule has 0 saturated carbocycles. The van der Waals surface area contributed by atoms with Crippen molar-refractivity contribution in [2.75, 3.05) is 6.26 Å². The normalized spacial score (nSPS) is 12.2. The Hall–Kier alpha value is -1.81. The van der Waals surface area contributed by atoms with Crippen LogP contribution < -0.4 is 4.18 Å². The summed E-state index contributed by atoms with van der Waals surface area (Å²) in [4.78, 5) is 7.54. The van der Waals surface area contributed by atoms with Gasteiger partial charge in [-0.25, -0.2) is 4.98 Å². The van der Waals surface area contributed by atoms with Gasteiger partial charge in [-0.15, -0.1) is 0 Å². The van der Waals surface area contributed by atoms with Gasteiger partial charge in [0, 0.05) is 11.8 Å². The minimum atomic E-state index is -4.54. The van der Waals surface area contributed by atoms with E-state index in [9.17, 15) is 21.6 Å². The standard InChI is InChI=1S/C13H11F3N2O3S2/c1-8-7-11(18-12(17-8)22-2)21-23(19,20)10-5-3-9(4-6-10)13(14,15)16/h3-7H,1-2H3. The van der Waals surface area contributed by atoms with Crippen molar-refractivity contribution < 1.29 is 25.8 Å². The Kier molecular flexibility index (Phi) is 4.85. The van der Waals surface area contributed by atoms with Crippen molar-refractivity contribution in [2.24, 2.45) is 0 Å². The average Bonchev–Trinajstić information content (AvgIpc) is 2.45. The number of benzene rings is 1. The van der Waals surface area contributed by atoms with Gasteiger partial charge in [-0.2, -0.15) is 26.6 Å². The van der Waals surface area contributed by atoms with E-state index in [0.29, 0.717) is 23.0 Å². The second-order valence-electron chi connectivity index (χ2n) is 4.39. The first-order valence-electron chi connectivity index (χ1n) is 6.13. The molecule has 0 unspecified atom stereocenters. The Bertz CT molecular complexity index is 806. The molecule has 0 aliphatic carbocycles. The molecule has 1 heterocycles. The summed E-state index contributed by atoms with van der Waals surface area (Å²) in [5, 5.41) is 0.322. The van der Waals surface area contributed by atoms with Crippen molar-refractivity contribution in [3.8, 4) is 5.88 Å². The first-order valence-corrected chi connectivity index (χ1v) is 8.76. The predicted octanol–water partition coefficient (Wildman–Crippen LogP) is 3.29. The molecule has 0 amide bonds. The molecule has 5 nitrogen and oxygen atoms in total. The lowest BCUT2D eigenvalue weighted by molar-refractivity contribution is -0.137. The van der Waals surface area contributed by atoms with Crippen LogP contribution in [0.2, 0.25) is 0 Å². The summed E-state index contributed by atoms with van der Waals surface area (Å²) in [6.45, 7) is 1.64. The number of hydrogen-bond acceptors (Lipinski definition) is 6. The average molecular weight is 364 g/mol. The third-order valence-electron chi connectivity index (χ3n) is 2.66. The molecular formula is C13H11F3N2O3S2. The highest BCUT2D eigenvalue weighted by molar-refractivity contribution is 7.98. The first-order chi connectivity index (χ1) is 10.6. The van der Waals surface area contributed by atoms with E-state index in [4.69, 9.17) is 4.18 Å². The van der Waals surface area contributed by atoms with Crippen molar-refractivity contribution in [3.05, 3.63) is 41.6 Å². The fraction of sp³-hybridized carbons (Fsp3) is 0.231. The van der Waals surface area contributed by atoms with Crippen LogP contribution in [0, 0.1) is 6.92 Å². The van der Waals surface area contributed by atoms with Gasteiger partial charge in [-0.3, -0.25) is 0 Å². The summed E-state index contributed by atoms with van der Waals surface area (Å²) in [5.41, 5.74) is -0.444. The lowest BCUT2D eigenvalue weighted by Gasteiger charge is -2.09. The highest BCUT2D eigenvalue weighted by atomic mass is 32.2. The van der Waals surface area contributed by atoms with E-state index < -0.39 is 26.8 Å². The molecule has 0 N–H and O–H groups in total. The summed E-state index contributed by atoms with van der Waals surface area (Å²) in [7, 11) is -4.28. The van der Waals surface area contributed by atoms with Crippen LogP contribution in [0.3, 0.4) is 0 Å². The molecule has 1 aromatic carbocycles. The fourth-order valence-corrected chi connectivity index (χ4v) is 2.91. The highest BCUT2D eigenvalue weighted by Crippen LogP contribution is 2.30. The van der Waals surface area contributed by atoms with Crippen LogP contribution in [0.1, 0.15) is 11.3 Å². The SMILES string of the molecule is CSc1nc(C)cc(OS(=O)(=O)c2ccc(C(F)(F)F)cc2)n1. The molecule has 124 valence electrons. The largest absolute Gasteiger partial charge is 0.416 e. The van der Waals surface area contributed by atoms with Crippen LogP contribution in [-0.2, 0) is 16.3 Å². The predicted molar refractivity (Wildman–Crippen MR) is 77.8 cm³/mol. The fourth-order valence-electron chi connectivity index (χ4n) is 1.62. The molecule has 0 radical (unpaired) electrons. The second-order valence-corrected chi connectivity index (χ2v) is 6.71. The summed E-state index contributed by atoms with van der Waals surface area (Å²) in [6.07, 6.45) is -2.83. The molecule has 0 atom stereocenters. The van der Waals surface area contributed by atoms with Crippen molar-refractivity contribution in [1.82, 2.24) is 9.97 Å². The second kappa shape index (κ2) is 6.36. The van der Waals surface area contributed by atoms with Gasteiger partial charge in [-0.05, 0) is 37.4 Å². The third-order valence-corrected chi connectivity index (χ3v) is 4.45. The van der Waals surface area contributed by atoms with Gasteiger partial charge < -0.3 is 4.18 Å². The number of rotatable bonds is 4. The van der Waals surface area contributed by atoms with Crippen molar-refractivity contribution in [1.29, 1.82) is 0 Å². The van der Waals surface area contributed by atoms with Gasteiger partial charge in [0.05, 0.1) is 5.56 Å². The van der Waals surface area contributed by atoms with Crippen LogP contribution >= 0.6 is 11.8 Å². The van der Waals surface area contributed by atoms with E-state index in [2.05, 4.69) is 9.97 Å². The topological polar surface area (TPSA) is 69.2 Å². The monoisotopic (exact) mass is 364 g/mol. The zero-order valence-corrected chi connectivity index (χ0v) is 13.6. The zero-order valence-electron chi connectivity index (χ0n) is 12.0. The number of nitrogens with zero attached hydrogens (tertiary/aromatic N) is 2. The van der Waals surface area contributed by atoms with E-state index >= 15 is 0 Å². The van der Waals surface area contributed by atoms with E-state index in [-0.39, 0.29) is 5.88 Å². The molecule has 10 heteroatoms. The maximum absolute atomic E-state index is 12.5. The summed E-state index contributed by atoms with van der Waals surface area (Å²) in [6, 6.07) is 4.34. The highest BCUT2D eigenvalue weighted by Gasteiger charge is 2.31. The smallest absolute Gasteiger partial charge is 0.358 e. The Morgan fingerprint density at radius 1 is 1.13 bits per heavy atom. The number of hydrogen-bond donors (Lipinski definition) is 0. The number of aromatic nitrogens is 2. The van der Waals surface area contributed by atoms with Crippen LogP contribution in [0.25, 0.3) is 0 Å². The van der Waals surface area contributed by atoms with E-state index in [1.54, 1.807) is 13.2 Å². The van der Waals surface area contributed by atoms with Gasteiger partial charge in [0.25, 0.3) is 0 Å². The van der Waals surface area contributed by atoms with Crippen molar-refractivity contribution >= 4 is 21.9 Å². The van der Waals surface area contributed by atoms with Crippen molar-refractivity contribution in [3.63, 3.8) is 0 Å². The van der Waals surface area contributed by atoms with Gasteiger partial charge in [0.15, 0.2) is 5.16 Å². The maximum Gasteiger partial charge on any atom is 0.416 e. The molecule has 2 aromatic rings. The minimum Gasteiger partial charge on any atom is -0.358 e. The van der Waals surface area contributed by atoms with E-state index in [1.807, 2.05) is 0 Å². The molecule has 0 saturated heterocycles. The number of alkyl halides is 3. The molecule has 0 aliphatic rings. The summed E-state index contributed by atoms with van der Waals surface area (Å²) >= 11 is 1.20. The minimum absolute atomic E-state index is 0.193. The van der Waals surface area contributed by atoms with Crippen molar-refractivity contribution in [2.45, 2.75) is 23.2 Å². The van der Waals surface area contributed by atoms with Gasteiger partial charge in [0.2, 0.25) is 5.88 Å². The molecule has 1 aromatic heterocycles. The molecule has 0 fully saturated rings. The van der Waals surface area contributed by atoms with Gasteiger partial charge in [-0.1, -0.05) is 11.8 Å². The quantitative estimate of drug-likeness (QED) is 0.471. The zero-order chi connectivity index (χ0) is 17.3. The van der Waals surface area contributed by atoms with Gasteiger partial charge >= 0.3 is 16.3 Å². The van der Waals surface area contributed by atoms with Crippen LogP contribution in [0.15, 0.2) is 40.4 Å². The Morgan fingerprint density at radius 2 is 1.74 bits per heavy atom. The first kappa shape index (κ1) is 17.5. The van der Waals surface area contributed by atoms with Gasteiger partial charge in [0.1, 0.15) is 4.90 Å². The molecule has 2 rings (SSSR count). The number of thioether (sulfide) groups is 1. The molecule has 0 bridgehead atoms. The lowest BCUT2D eigenvalue weighted by atomic mass is 10.2. The van der Waals surface area contributed by atoms with Crippen LogP contribution in [0.4, 0.5) is 13.2 Å².